The molecule has 6 aromatic rings. The van der Waals surface area contributed by atoms with Crippen LogP contribution in [0.2, 0.25) is 0 Å². The minimum absolute atomic E-state index is 0.148. The number of hydrogen-bond donors (Lipinski definition) is 2. The molecule has 16 nitrogen and oxygen atoms in total. The van der Waals surface area contributed by atoms with E-state index in [1.807, 2.05) is 61.7 Å². The summed E-state index contributed by atoms with van der Waals surface area (Å²) >= 11 is 0. The summed E-state index contributed by atoms with van der Waals surface area (Å²) in [5, 5.41) is 35.7. The van der Waals surface area contributed by atoms with Crippen molar-refractivity contribution in [3.05, 3.63) is 112 Å². The van der Waals surface area contributed by atoms with E-state index in [0.717, 1.165) is 33.4 Å². The normalized spacial score (nSPS) is 10.2. The first-order valence-electron chi connectivity index (χ1n) is 15.0. The van der Waals surface area contributed by atoms with E-state index in [4.69, 9.17) is 5.73 Å². The highest BCUT2D eigenvalue weighted by Gasteiger charge is 2.10. The van der Waals surface area contributed by atoms with Crippen LogP contribution in [0.15, 0.2) is 92.2 Å². The molecule has 0 fully saturated rings. The predicted molar refractivity (Wildman–Crippen MR) is 183 cm³/mol. The number of hydrogen-bond acceptors (Lipinski definition) is 11. The molecule has 0 radical (unpaired) electrons. The van der Waals surface area contributed by atoms with Gasteiger partial charge in [-0.25, -0.2) is 4.98 Å². The van der Waals surface area contributed by atoms with E-state index < -0.39 is 9.85 Å². The zero-order chi connectivity index (χ0) is 35.2. The number of nitrogens with zero attached hydrogens (tertiary/aromatic N) is 10. The van der Waals surface area contributed by atoms with E-state index in [-0.39, 0.29) is 17.7 Å². The zero-order valence-electron chi connectivity index (χ0n) is 27.5. The van der Waals surface area contributed by atoms with Gasteiger partial charge in [0.05, 0.1) is 18.6 Å². The topological polar surface area (TPSA) is 215 Å². The number of aromatic nitrogens is 9. The van der Waals surface area contributed by atoms with Gasteiger partial charge in [-0.15, -0.1) is 0 Å². The summed E-state index contributed by atoms with van der Waals surface area (Å²) in [7, 11) is 0. The first-order valence-corrected chi connectivity index (χ1v) is 15.0. The Balaban J connectivity index is 0.000000191. The smallest absolute Gasteiger partial charge is 0.363 e. The molecule has 0 saturated heterocycles. The van der Waals surface area contributed by atoms with Crippen LogP contribution in [0, 0.1) is 20.2 Å². The van der Waals surface area contributed by atoms with Crippen LogP contribution in [0.5, 0.6) is 0 Å². The molecule has 48 heavy (non-hydrogen) atoms. The van der Waals surface area contributed by atoms with Gasteiger partial charge in [0.15, 0.2) is 0 Å². The predicted octanol–water partition coefficient (Wildman–Crippen LogP) is 6.95. The Morgan fingerprint density at radius 3 is 1.38 bits per heavy atom. The van der Waals surface area contributed by atoms with Gasteiger partial charge in [0, 0.05) is 82.4 Å². The number of nitro groups is 2. The maximum absolute atomic E-state index is 10.5. The Hall–Kier alpha value is -6.32. The Bertz CT molecular complexity index is 1850. The fraction of sp³-hybridized carbons (Fsp3) is 0.250. The molecule has 0 atom stereocenters. The quantitative estimate of drug-likeness (QED) is 0.133. The van der Waals surface area contributed by atoms with Gasteiger partial charge < -0.3 is 26.0 Å². The number of nitrogens with two attached hydrogens (primary N) is 1. The summed E-state index contributed by atoms with van der Waals surface area (Å²) in [6.07, 6.45) is 15.5. The number of anilines is 1. The molecule has 3 N–H and O–H groups in total. The summed E-state index contributed by atoms with van der Waals surface area (Å²) in [5.41, 5.74) is 11.0. The Kier molecular flexibility index (Phi) is 13.1. The van der Waals surface area contributed by atoms with E-state index in [0.29, 0.717) is 11.9 Å². The second-order valence-electron chi connectivity index (χ2n) is 10.4. The van der Waals surface area contributed by atoms with Crippen molar-refractivity contribution in [3.63, 3.8) is 0 Å². The summed E-state index contributed by atoms with van der Waals surface area (Å²) in [4.78, 5) is 31.3. The molecule has 0 unspecified atom stereocenters. The summed E-state index contributed by atoms with van der Waals surface area (Å²) in [6, 6.07) is 10.5. The van der Waals surface area contributed by atoms with Crippen molar-refractivity contribution >= 4 is 17.5 Å². The third-order valence-electron chi connectivity index (χ3n) is 6.42. The van der Waals surface area contributed by atoms with E-state index in [1.165, 1.54) is 24.5 Å². The summed E-state index contributed by atoms with van der Waals surface area (Å²) < 4.78 is 3.75. The van der Waals surface area contributed by atoms with Crippen LogP contribution in [0.4, 0.5) is 17.5 Å². The lowest BCUT2D eigenvalue weighted by Crippen LogP contribution is -1.99. The number of H-pyrrole nitrogens is 1. The molecule has 0 saturated carbocycles. The van der Waals surface area contributed by atoms with Gasteiger partial charge in [-0.1, -0.05) is 13.8 Å². The largest absolute Gasteiger partial charge is 0.384 e. The van der Waals surface area contributed by atoms with Crippen LogP contribution in [-0.4, -0.2) is 54.6 Å². The number of pyridine rings is 3. The molecule has 6 heterocycles. The van der Waals surface area contributed by atoms with Crippen LogP contribution in [-0.2, 0) is 0 Å². The molecule has 0 aliphatic heterocycles. The molecule has 6 rings (SSSR count). The Labute approximate surface area is 277 Å². The first-order chi connectivity index (χ1) is 23.0. The standard InChI is InChI=1S/C11H12N4O2.C11H14N4.C8H6N4O2.C2H6/c1-8(2)14-7-10(6-13-14)9-3-4-11(12-5-9)15(16)17;1-8(2)15-7-10(6-14-15)9-3-4-11(12)13-5-9;13-12(14)8-2-1-6(3-9-8)7-4-10-11-5-7;1-2/h3-8H,1-2H3;3-8H,1-2H3,(H2,12,13);1-5H,(H,10,11);1-2H3. The summed E-state index contributed by atoms with van der Waals surface area (Å²) in [5.74, 6) is 0.234. The molecular weight excluding hydrogens is 616 g/mol. The van der Waals surface area contributed by atoms with Crippen LogP contribution < -0.4 is 5.73 Å². The van der Waals surface area contributed by atoms with Crippen molar-refractivity contribution in [3.8, 4) is 33.4 Å². The van der Waals surface area contributed by atoms with Crippen LogP contribution in [0.3, 0.4) is 0 Å². The molecule has 0 spiro atoms. The highest BCUT2D eigenvalue weighted by molar-refractivity contribution is 5.62. The number of aromatic amines is 1. The zero-order valence-corrected chi connectivity index (χ0v) is 27.5. The summed E-state index contributed by atoms with van der Waals surface area (Å²) in [6.45, 7) is 12.3. The second-order valence-corrected chi connectivity index (χ2v) is 10.4. The SMILES string of the molecule is CC.CC(C)n1cc(-c2ccc(N)nc2)cn1.CC(C)n1cc(-c2ccc([N+](=O)[O-])nc2)cn1.O=[N+]([O-])c1ccc(-c2cn[nH]c2)cn1. The third-order valence-corrected chi connectivity index (χ3v) is 6.42. The minimum Gasteiger partial charge on any atom is -0.384 e. The van der Waals surface area contributed by atoms with E-state index in [9.17, 15) is 20.2 Å². The average Bonchev–Trinajstić information content (AvgIpc) is 3.90. The second kappa shape index (κ2) is 17.4. The highest BCUT2D eigenvalue weighted by atomic mass is 16.6. The van der Waals surface area contributed by atoms with Gasteiger partial charge in [0.2, 0.25) is 0 Å². The molecule has 16 heteroatoms. The van der Waals surface area contributed by atoms with Crippen molar-refractivity contribution in [1.82, 2.24) is 44.7 Å². The van der Waals surface area contributed by atoms with Gasteiger partial charge in [0.1, 0.15) is 18.2 Å². The first kappa shape index (κ1) is 36.2. The lowest BCUT2D eigenvalue weighted by Gasteiger charge is -2.03. The van der Waals surface area contributed by atoms with Gasteiger partial charge >= 0.3 is 11.6 Å². The van der Waals surface area contributed by atoms with Crippen molar-refractivity contribution in [1.29, 1.82) is 0 Å². The number of nitrogens with one attached hydrogen (secondary N) is 1. The fourth-order valence-corrected chi connectivity index (χ4v) is 3.85. The third kappa shape index (κ3) is 10.1. The fourth-order valence-electron chi connectivity index (χ4n) is 3.85. The van der Waals surface area contributed by atoms with Gasteiger partial charge in [-0.05, 0) is 71.8 Å². The highest BCUT2D eigenvalue weighted by Crippen LogP contribution is 2.22. The lowest BCUT2D eigenvalue weighted by atomic mass is 10.2. The molecular formula is C32H38N12O4. The van der Waals surface area contributed by atoms with Crippen molar-refractivity contribution in [2.45, 2.75) is 53.6 Å². The molecule has 0 amide bonds. The molecule has 0 aliphatic carbocycles. The number of rotatable bonds is 7. The maximum atomic E-state index is 10.5. The monoisotopic (exact) mass is 654 g/mol. The van der Waals surface area contributed by atoms with Crippen LogP contribution >= 0.6 is 0 Å². The molecule has 6 aromatic heterocycles. The van der Waals surface area contributed by atoms with Gasteiger partial charge in [-0.2, -0.15) is 15.3 Å². The lowest BCUT2D eigenvalue weighted by molar-refractivity contribution is -0.389. The maximum Gasteiger partial charge on any atom is 0.363 e. The minimum atomic E-state index is -0.529. The molecule has 0 aliphatic rings. The Morgan fingerprint density at radius 2 is 1.06 bits per heavy atom. The van der Waals surface area contributed by atoms with Gasteiger partial charge in [-0.3, -0.25) is 14.5 Å². The Morgan fingerprint density at radius 1 is 0.625 bits per heavy atom. The van der Waals surface area contributed by atoms with Crippen LogP contribution in [0.25, 0.3) is 33.4 Å². The van der Waals surface area contributed by atoms with E-state index >= 15 is 0 Å². The van der Waals surface area contributed by atoms with Crippen molar-refractivity contribution < 1.29 is 9.85 Å². The van der Waals surface area contributed by atoms with E-state index in [1.54, 1.807) is 43.0 Å². The average molecular weight is 655 g/mol. The van der Waals surface area contributed by atoms with E-state index in [2.05, 4.69) is 49.2 Å². The number of nitrogen functional groups attached to an aromatic ring is 1. The molecule has 250 valence electrons. The molecule has 0 aromatic carbocycles. The van der Waals surface area contributed by atoms with Crippen molar-refractivity contribution in [2.75, 3.05) is 5.73 Å². The van der Waals surface area contributed by atoms with Gasteiger partial charge in [0.25, 0.3) is 0 Å². The molecule has 0 bridgehead atoms. The van der Waals surface area contributed by atoms with Crippen molar-refractivity contribution in [2.24, 2.45) is 0 Å². The van der Waals surface area contributed by atoms with Crippen LogP contribution in [0.1, 0.15) is 53.6 Å².